The Morgan fingerprint density at radius 3 is 2.64 bits per heavy atom. The molecule has 0 spiro atoms. The number of aromatic nitrogens is 6. The van der Waals surface area contributed by atoms with Crippen LogP contribution in [0.1, 0.15) is 26.7 Å². The lowest BCUT2D eigenvalue weighted by Gasteiger charge is -2.12. The number of benzene rings is 2. The van der Waals surface area contributed by atoms with E-state index in [-0.39, 0.29) is 17.6 Å². The quantitative estimate of drug-likeness (QED) is 0.107. The van der Waals surface area contributed by atoms with Crippen molar-refractivity contribution in [2.75, 3.05) is 24.3 Å². The van der Waals surface area contributed by atoms with Crippen molar-refractivity contribution in [3.63, 3.8) is 0 Å². The fourth-order valence-corrected chi connectivity index (χ4v) is 4.81. The second-order valence-corrected chi connectivity index (χ2v) is 10.9. The molecule has 5 rings (SSSR count). The maximum atomic E-state index is 12.8. The van der Waals surface area contributed by atoms with Crippen LogP contribution >= 0.6 is 11.8 Å². The summed E-state index contributed by atoms with van der Waals surface area (Å²) in [6.45, 7) is 4.83. The molecule has 0 atom stereocenters. The predicted octanol–water partition coefficient (Wildman–Crippen LogP) is 5.29. The van der Waals surface area contributed by atoms with Gasteiger partial charge >= 0.3 is 5.97 Å². The third-order valence-electron chi connectivity index (χ3n) is 6.10. The largest absolute Gasteiger partial charge is 0.494 e. The number of hydrogen-bond acceptors (Lipinski definition) is 9. The molecule has 2 aromatic carbocycles. The van der Waals surface area contributed by atoms with Gasteiger partial charge in [-0.3, -0.25) is 24.2 Å². The zero-order valence-corrected chi connectivity index (χ0v) is 24.1. The van der Waals surface area contributed by atoms with Crippen LogP contribution in [-0.2, 0) is 14.3 Å². The van der Waals surface area contributed by atoms with E-state index >= 15 is 0 Å². The Kier molecular flexibility index (Phi) is 9.44. The van der Waals surface area contributed by atoms with Gasteiger partial charge in [0.05, 0.1) is 30.7 Å². The van der Waals surface area contributed by atoms with Crippen molar-refractivity contribution < 1.29 is 19.1 Å². The van der Waals surface area contributed by atoms with E-state index in [0.29, 0.717) is 54.4 Å². The highest BCUT2D eigenvalue weighted by atomic mass is 32.2. The fraction of sp³-hybridized carbons (Fsp3) is 0.267. The second kappa shape index (κ2) is 13.8. The third kappa shape index (κ3) is 7.52. The third-order valence-corrected chi connectivity index (χ3v) is 7.03. The van der Waals surface area contributed by atoms with Crippen molar-refractivity contribution in [3.8, 4) is 22.8 Å². The molecule has 0 aliphatic rings. The maximum Gasteiger partial charge on any atom is 0.305 e. The van der Waals surface area contributed by atoms with Crippen molar-refractivity contribution in [1.82, 2.24) is 29.9 Å². The summed E-state index contributed by atoms with van der Waals surface area (Å²) in [5.41, 5.74) is 3.17. The Hall–Kier alpha value is -4.71. The molecule has 216 valence electrons. The Bertz CT molecular complexity index is 1630. The summed E-state index contributed by atoms with van der Waals surface area (Å²) in [7, 11) is 0. The first-order chi connectivity index (χ1) is 20.5. The maximum absolute atomic E-state index is 12.8. The summed E-state index contributed by atoms with van der Waals surface area (Å²) < 4.78 is 12.9. The molecule has 0 aliphatic carbocycles. The summed E-state index contributed by atoms with van der Waals surface area (Å²) in [5.74, 6) is 1.37. The first-order valence-electron chi connectivity index (χ1n) is 13.6. The van der Waals surface area contributed by atoms with Crippen LogP contribution in [0.3, 0.4) is 0 Å². The number of aromatic amines is 1. The van der Waals surface area contributed by atoms with Gasteiger partial charge in [0, 0.05) is 41.1 Å². The highest BCUT2D eigenvalue weighted by Crippen LogP contribution is 2.29. The lowest BCUT2D eigenvalue weighted by Crippen LogP contribution is -2.14. The van der Waals surface area contributed by atoms with E-state index in [1.54, 1.807) is 18.6 Å². The van der Waals surface area contributed by atoms with Crippen LogP contribution in [-0.4, -0.2) is 60.8 Å². The normalized spacial score (nSPS) is 11.1. The highest BCUT2D eigenvalue weighted by Gasteiger charge is 2.18. The lowest BCUT2D eigenvalue weighted by atomic mass is 10.2. The van der Waals surface area contributed by atoms with Crippen LogP contribution in [0.25, 0.3) is 28.0 Å². The number of amides is 1. The summed E-state index contributed by atoms with van der Waals surface area (Å²) >= 11 is 1.29. The predicted molar refractivity (Wildman–Crippen MR) is 161 cm³/mol. The number of H-pyrrole nitrogens is 1. The molecule has 12 heteroatoms. The molecule has 0 saturated heterocycles. The number of carbonyl (C=O) groups excluding carboxylic acids is 2. The minimum absolute atomic E-state index is 0.135. The van der Waals surface area contributed by atoms with Crippen LogP contribution in [0.15, 0.2) is 78.3 Å². The fourth-order valence-electron chi connectivity index (χ4n) is 4.06. The van der Waals surface area contributed by atoms with Gasteiger partial charge in [-0.15, -0.1) is 10.2 Å². The molecule has 0 fully saturated rings. The van der Waals surface area contributed by atoms with Gasteiger partial charge in [-0.05, 0) is 66.9 Å². The number of anilines is 1. The molecule has 11 nitrogen and oxygen atoms in total. The molecule has 0 unspecified atom stereocenters. The number of ether oxygens (including phenoxy) is 2. The number of fused-ring (bicyclic) bond motifs is 1. The van der Waals surface area contributed by atoms with E-state index in [2.05, 4.69) is 30.7 Å². The van der Waals surface area contributed by atoms with Crippen LogP contribution < -0.4 is 10.1 Å². The topological polar surface area (TPSA) is 137 Å². The smallest absolute Gasteiger partial charge is 0.305 e. The molecule has 3 aromatic heterocycles. The van der Waals surface area contributed by atoms with E-state index < -0.39 is 0 Å². The van der Waals surface area contributed by atoms with Gasteiger partial charge in [-0.2, -0.15) is 5.10 Å². The Labute approximate surface area is 247 Å². The van der Waals surface area contributed by atoms with Crippen molar-refractivity contribution >= 4 is 40.2 Å². The van der Waals surface area contributed by atoms with E-state index in [0.717, 1.165) is 22.2 Å². The number of carbonyl (C=O) groups is 2. The van der Waals surface area contributed by atoms with Gasteiger partial charge in [-0.1, -0.05) is 25.6 Å². The molecule has 1 amide bonds. The van der Waals surface area contributed by atoms with Gasteiger partial charge in [0.2, 0.25) is 5.91 Å². The van der Waals surface area contributed by atoms with Crippen molar-refractivity contribution in [3.05, 3.63) is 73.2 Å². The molecule has 0 bridgehead atoms. The number of hydrogen-bond donors (Lipinski definition) is 2. The standard InChI is InChI=1S/C30H31N7O4S/c1-20(2)18-41-28(39)4-3-15-40-25-9-7-24(8-10-25)37-29(21-11-13-31-14-12-21)35-36-30(37)42-19-27(38)33-23-6-5-22-17-32-34-26(22)16-23/h5-14,16-17,20H,3-4,15,18-19H2,1-2H3,(H,32,34)(H,33,38). The van der Waals surface area contributed by atoms with Gasteiger partial charge in [0.25, 0.3) is 0 Å². The average Bonchev–Trinajstić information content (AvgIpc) is 3.65. The highest BCUT2D eigenvalue weighted by molar-refractivity contribution is 7.99. The van der Waals surface area contributed by atoms with E-state index in [9.17, 15) is 9.59 Å². The molecule has 0 aliphatic heterocycles. The average molecular weight is 586 g/mol. The number of nitrogens with one attached hydrogen (secondary N) is 2. The van der Waals surface area contributed by atoms with Gasteiger partial charge in [-0.25, -0.2) is 0 Å². The van der Waals surface area contributed by atoms with Gasteiger partial charge in [0.15, 0.2) is 11.0 Å². The minimum Gasteiger partial charge on any atom is -0.494 e. The van der Waals surface area contributed by atoms with Crippen LogP contribution in [0.4, 0.5) is 5.69 Å². The van der Waals surface area contributed by atoms with Crippen molar-refractivity contribution in [2.24, 2.45) is 5.92 Å². The molecular formula is C30H31N7O4S. The molecular weight excluding hydrogens is 554 g/mol. The van der Waals surface area contributed by atoms with Crippen molar-refractivity contribution in [1.29, 1.82) is 0 Å². The number of rotatable bonds is 13. The van der Waals surface area contributed by atoms with Gasteiger partial charge < -0.3 is 14.8 Å². The molecule has 2 N–H and O–H groups in total. The Morgan fingerprint density at radius 2 is 1.86 bits per heavy atom. The first kappa shape index (κ1) is 28.8. The number of esters is 1. The lowest BCUT2D eigenvalue weighted by molar-refractivity contribution is -0.145. The molecule has 5 aromatic rings. The van der Waals surface area contributed by atoms with Crippen LogP contribution in [0, 0.1) is 5.92 Å². The van der Waals surface area contributed by atoms with E-state index in [1.807, 2.05) is 73.0 Å². The minimum atomic E-state index is -0.212. The monoisotopic (exact) mass is 585 g/mol. The van der Waals surface area contributed by atoms with E-state index in [1.165, 1.54) is 11.8 Å². The zero-order valence-electron chi connectivity index (χ0n) is 23.3. The van der Waals surface area contributed by atoms with Crippen LogP contribution in [0.2, 0.25) is 0 Å². The molecule has 42 heavy (non-hydrogen) atoms. The summed E-state index contributed by atoms with van der Waals surface area (Å²) in [4.78, 5) is 28.7. The summed E-state index contributed by atoms with van der Waals surface area (Å²) in [5, 5.41) is 20.2. The molecule has 0 radical (unpaired) electrons. The second-order valence-electron chi connectivity index (χ2n) is 9.91. The van der Waals surface area contributed by atoms with Crippen molar-refractivity contribution in [2.45, 2.75) is 31.8 Å². The van der Waals surface area contributed by atoms with Gasteiger partial charge in [0.1, 0.15) is 5.75 Å². The Morgan fingerprint density at radius 1 is 1.05 bits per heavy atom. The number of nitrogens with zero attached hydrogens (tertiary/aromatic N) is 5. The molecule has 0 saturated carbocycles. The zero-order chi connectivity index (χ0) is 29.3. The Balaban J connectivity index is 1.24. The SMILES string of the molecule is CC(C)COC(=O)CCCOc1ccc(-n2c(SCC(=O)Nc3ccc4cn[nH]c4c3)nnc2-c2ccncc2)cc1. The van der Waals surface area contributed by atoms with E-state index in [4.69, 9.17) is 9.47 Å². The summed E-state index contributed by atoms with van der Waals surface area (Å²) in [6.07, 6.45) is 6.00. The number of thioether (sulfide) groups is 1. The van der Waals surface area contributed by atoms with Crippen LogP contribution in [0.5, 0.6) is 5.75 Å². The molecule has 3 heterocycles. The first-order valence-corrected chi connectivity index (χ1v) is 14.6. The summed E-state index contributed by atoms with van der Waals surface area (Å²) in [6, 6.07) is 16.8. The number of pyridine rings is 1.